The zero-order chi connectivity index (χ0) is 26.2. The normalized spacial score (nSPS) is 14.0. The number of fused-ring (bicyclic) bond motifs is 2. The Labute approximate surface area is 228 Å². The molecule has 1 aliphatic heterocycles. The van der Waals surface area contributed by atoms with Crippen LogP contribution in [0.5, 0.6) is 0 Å². The second-order valence-corrected chi connectivity index (χ2v) is 10.3. The summed E-state index contributed by atoms with van der Waals surface area (Å²) in [5.41, 5.74) is 8.35. The minimum atomic E-state index is -0.190. The van der Waals surface area contributed by atoms with Gasteiger partial charge in [-0.25, -0.2) is 0 Å². The average molecular weight is 530 g/mol. The van der Waals surface area contributed by atoms with E-state index in [0.717, 1.165) is 55.1 Å². The van der Waals surface area contributed by atoms with Gasteiger partial charge in [0.15, 0.2) is 0 Å². The number of carbonyl (C=O) groups excluding carboxylic acids is 1. The third-order valence-electron chi connectivity index (χ3n) is 6.76. The van der Waals surface area contributed by atoms with Crippen molar-refractivity contribution in [1.29, 1.82) is 0 Å². The van der Waals surface area contributed by atoms with Crippen LogP contribution in [0.15, 0.2) is 96.9 Å². The number of carbonyl (C=O) groups is 1. The van der Waals surface area contributed by atoms with Gasteiger partial charge in [-0.2, -0.15) is 5.10 Å². The molecule has 0 saturated carbocycles. The summed E-state index contributed by atoms with van der Waals surface area (Å²) < 4.78 is 0. The summed E-state index contributed by atoms with van der Waals surface area (Å²) in [5.74, 6) is -0.0814. The van der Waals surface area contributed by atoms with E-state index in [2.05, 4.69) is 53.6 Å². The number of benzene rings is 2. The minimum Gasteiger partial charge on any atom is -0.358 e. The van der Waals surface area contributed by atoms with E-state index in [1.54, 1.807) is 23.7 Å². The van der Waals surface area contributed by atoms with Gasteiger partial charge in [-0.3, -0.25) is 19.9 Å². The van der Waals surface area contributed by atoms with Gasteiger partial charge in [0, 0.05) is 33.8 Å². The van der Waals surface area contributed by atoms with Crippen molar-refractivity contribution < 1.29 is 4.79 Å². The molecule has 5 heterocycles. The fraction of sp³-hybridized carbons (Fsp3) is 0.0667. The lowest BCUT2D eigenvalue weighted by atomic mass is 10.0. The van der Waals surface area contributed by atoms with Crippen molar-refractivity contribution in [1.82, 2.24) is 20.2 Å². The van der Waals surface area contributed by atoms with E-state index >= 15 is 0 Å². The highest BCUT2D eigenvalue weighted by Gasteiger charge is 2.27. The Morgan fingerprint density at radius 2 is 1.79 bits per heavy atom. The molecule has 0 bridgehead atoms. The first-order valence-corrected chi connectivity index (χ1v) is 13.4. The van der Waals surface area contributed by atoms with Gasteiger partial charge in [-0.15, -0.1) is 11.3 Å². The predicted octanol–water partition coefficient (Wildman–Crippen LogP) is 6.47. The zero-order valence-corrected chi connectivity index (χ0v) is 21.5. The average Bonchev–Trinajstić information content (AvgIpc) is 3.73. The topological polar surface area (TPSA) is 108 Å². The van der Waals surface area contributed by atoms with Crippen LogP contribution in [0.3, 0.4) is 0 Å². The number of nitrogens with one attached hydrogen (secondary N) is 4. The minimum absolute atomic E-state index is 0.0814. The van der Waals surface area contributed by atoms with Crippen molar-refractivity contribution in [2.75, 3.05) is 16.0 Å². The Balaban J connectivity index is 1.15. The number of thiophene rings is 1. The van der Waals surface area contributed by atoms with Crippen molar-refractivity contribution in [2.24, 2.45) is 0 Å². The van der Waals surface area contributed by atoms with Crippen molar-refractivity contribution in [3.8, 4) is 21.6 Å². The van der Waals surface area contributed by atoms with Crippen LogP contribution in [0.1, 0.15) is 17.4 Å². The number of aromatic amines is 1. The predicted molar refractivity (Wildman–Crippen MR) is 156 cm³/mol. The smallest absolute Gasteiger partial charge is 0.228 e. The molecule has 1 unspecified atom stereocenters. The quantitative estimate of drug-likeness (QED) is 0.197. The van der Waals surface area contributed by atoms with Crippen LogP contribution < -0.4 is 16.0 Å². The molecule has 190 valence electrons. The molecular formula is C30H23N7OS. The Bertz CT molecular complexity index is 1800. The Morgan fingerprint density at radius 3 is 2.67 bits per heavy atom. The van der Waals surface area contributed by atoms with Crippen molar-refractivity contribution in [3.05, 3.63) is 108 Å². The number of pyridine rings is 2. The molecule has 0 radical (unpaired) electrons. The Kier molecular flexibility index (Phi) is 5.75. The maximum absolute atomic E-state index is 12.6. The summed E-state index contributed by atoms with van der Waals surface area (Å²) in [7, 11) is 0. The van der Waals surface area contributed by atoms with E-state index in [4.69, 9.17) is 0 Å². The molecule has 4 N–H and O–H groups in total. The highest BCUT2D eigenvalue weighted by molar-refractivity contribution is 7.13. The standard InChI is InChI=1S/C30H23N7OS/c38-27(11-18-5-2-1-3-6-18)33-21-12-20(14-31-15-21)19-8-9-24-22(13-19)29(37-36-24)30-34-25-17-32-16-23(28(25)35-30)26-7-4-10-39-26/h1-10,12-17,30,34-35H,11H2,(H,33,38)(H,36,37). The molecule has 1 atom stereocenters. The monoisotopic (exact) mass is 529 g/mol. The van der Waals surface area contributed by atoms with Gasteiger partial charge < -0.3 is 16.0 Å². The maximum atomic E-state index is 12.6. The number of rotatable bonds is 6. The summed E-state index contributed by atoms with van der Waals surface area (Å²) in [5, 5.41) is 21.0. The SMILES string of the molecule is O=C(Cc1ccccc1)Nc1cncc(-c2ccc3n[nH]c(C4Nc5cncc(-c6cccs6)c5N4)c3c2)c1. The molecule has 0 spiro atoms. The van der Waals surface area contributed by atoms with Gasteiger partial charge in [-0.1, -0.05) is 42.5 Å². The number of anilines is 3. The lowest BCUT2D eigenvalue weighted by Gasteiger charge is -2.12. The molecule has 39 heavy (non-hydrogen) atoms. The summed E-state index contributed by atoms with van der Waals surface area (Å²) in [6.45, 7) is 0. The largest absolute Gasteiger partial charge is 0.358 e. The fourth-order valence-electron chi connectivity index (χ4n) is 4.91. The highest BCUT2D eigenvalue weighted by Crippen LogP contribution is 2.43. The molecule has 8 nitrogen and oxygen atoms in total. The molecular weight excluding hydrogens is 506 g/mol. The van der Waals surface area contributed by atoms with Crippen LogP contribution in [0.4, 0.5) is 17.1 Å². The van der Waals surface area contributed by atoms with Gasteiger partial charge in [-0.05, 0) is 40.8 Å². The molecule has 4 aromatic heterocycles. The van der Waals surface area contributed by atoms with E-state index < -0.39 is 0 Å². The highest BCUT2D eigenvalue weighted by atomic mass is 32.1. The second kappa shape index (κ2) is 9.70. The van der Waals surface area contributed by atoms with Gasteiger partial charge >= 0.3 is 0 Å². The van der Waals surface area contributed by atoms with Crippen molar-refractivity contribution in [3.63, 3.8) is 0 Å². The van der Waals surface area contributed by atoms with Crippen LogP contribution in [-0.4, -0.2) is 26.1 Å². The zero-order valence-electron chi connectivity index (χ0n) is 20.7. The van der Waals surface area contributed by atoms with Crippen molar-refractivity contribution >= 4 is 45.2 Å². The Morgan fingerprint density at radius 1 is 0.897 bits per heavy atom. The Hall–Kier alpha value is -5.02. The van der Waals surface area contributed by atoms with E-state index in [0.29, 0.717) is 12.1 Å². The molecule has 1 aliphatic rings. The fourth-order valence-corrected chi connectivity index (χ4v) is 5.65. The molecule has 1 amide bonds. The lowest BCUT2D eigenvalue weighted by molar-refractivity contribution is -0.115. The van der Waals surface area contributed by atoms with E-state index in [9.17, 15) is 4.79 Å². The molecule has 6 aromatic rings. The van der Waals surface area contributed by atoms with Crippen LogP contribution in [0.2, 0.25) is 0 Å². The number of nitrogens with zero attached hydrogens (tertiary/aromatic N) is 3. The first kappa shape index (κ1) is 23.1. The molecule has 0 saturated heterocycles. The van der Waals surface area contributed by atoms with Crippen LogP contribution in [-0.2, 0) is 11.2 Å². The van der Waals surface area contributed by atoms with E-state index in [1.165, 1.54) is 0 Å². The summed E-state index contributed by atoms with van der Waals surface area (Å²) in [6.07, 6.45) is 7.31. The summed E-state index contributed by atoms with van der Waals surface area (Å²) >= 11 is 1.69. The van der Waals surface area contributed by atoms with Gasteiger partial charge in [0.05, 0.1) is 47.1 Å². The number of hydrogen-bond donors (Lipinski definition) is 4. The van der Waals surface area contributed by atoms with E-state index in [-0.39, 0.29) is 12.1 Å². The first-order chi connectivity index (χ1) is 19.2. The molecule has 0 aliphatic carbocycles. The lowest BCUT2D eigenvalue weighted by Crippen LogP contribution is -2.14. The van der Waals surface area contributed by atoms with Crippen LogP contribution >= 0.6 is 11.3 Å². The maximum Gasteiger partial charge on any atom is 0.228 e. The molecule has 9 heteroatoms. The van der Waals surface area contributed by atoms with Crippen molar-refractivity contribution in [2.45, 2.75) is 12.6 Å². The van der Waals surface area contributed by atoms with Gasteiger partial charge in [0.25, 0.3) is 0 Å². The molecule has 7 rings (SSSR count). The van der Waals surface area contributed by atoms with E-state index in [1.807, 2.05) is 67.0 Å². The van der Waals surface area contributed by atoms with Gasteiger partial charge in [0.2, 0.25) is 5.91 Å². The first-order valence-electron chi connectivity index (χ1n) is 12.5. The third-order valence-corrected chi connectivity index (χ3v) is 7.66. The summed E-state index contributed by atoms with van der Waals surface area (Å²) in [6, 6.07) is 21.9. The van der Waals surface area contributed by atoms with Gasteiger partial charge in [0.1, 0.15) is 6.17 Å². The summed E-state index contributed by atoms with van der Waals surface area (Å²) in [4.78, 5) is 22.6. The number of amides is 1. The number of aromatic nitrogens is 4. The van der Waals surface area contributed by atoms with Crippen LogP contribution in [0, 0.1) is 0 Å². The number of H-pyrrole nitrogens is 1. The number of hydrogen-bond acceptors (Lipinski definition) is 7. The third kappa shape index (κ3) is 4.49. The molecule has 2 aromatic carbocycles. The second-order valence-electron chi connectivity index (χ2n) is 9.35. The molecule has 0 fully saturated rings. The van der Waals surface area contributed by atoms with Crippen LogP contribution in [0.25, 0.3) is 32.5 Å².